The van der Waals surface area contributed by atoms with Crippen LogP contribution in [0.4, 0.5) is 8.78 Å². The van der Waals surface area contributed by atoms with Crippen molar-refractivity contribution >= 4 is 0 Å². The van der Waals surface area contributed by atoms with E-state index in [0.29, 0.717) is 12.6 Å². The molecule has 0 aliphatic rings. The number of benzene rings is 1. The lowest BCUT2D eigenvalue weighted by atomic mass is 10.3. The van der Waals surface area contributed by atoms with Crippen LogP contribution in [0, 0.1) is 11.6 Å². The van der Waals surface area contributed by atoms with Crippen LogP contribution in [0.15, 0.2) is 30.5 Å². The lowest BCUT2D eigenvalue weighted by molar-refractivity contribution is 0.570. The van der Waals surface area contributed by atoms with Crippen molar-refractivity contribution in [3.05, 3.63) is 47.8 Å². The predicted octanol–water partition coefficient (Wildman–Crippen LogP) is 2.65. The van der Waals surface area contributed by atoms with Gasteiger partial charge in [-0.15, -0.1) is 0 Å². The third kappa shape index (κ3) is 2.92. The summed E-state index contributed by atoms with van der Waals surface area (Å²) in [6.45, 7) is 4.66. The van der Waals surface area contributed by atoms with E-state index in [4.69, 9.17) is 0 Å². The highest BCUT2D eigenvalue weighted by Gasteiger charge is 2.08. The van der Waals surface area contributed by atoms with Crippen molar-refractivity contribution < 1.29 is 8.78 Å². The minimum absolute atomic E-state index is 0.116. The van der Waals surface area contributed by atoms with Crippen molar-refractivity contribution in [3.63, 3.8) is 0 Å². The average molecular weight is 251 g/mol. The van der Waals surface area contributed by atoms with Crippen LogP contribution >= 0.6 is 0 Å². The van der Waals surface area contributed by atoms with Gasteiger partial charge in [0, 0.05) is 24.8 Å². The first-order chi connectivity index (χ1) is 8.56. The molecule has 0 radical (unpaired) electrons. The highest BCUT2D eigenvalue weighted by Crippen LogP contribution is 2.14. The van der Waals surface area contributed by atoms with E-state index in [-0.39, 0.29) is 5.69 Å². The van der Waals surface area contributed by atoms with E-state index in [1.165, 1.54) is 4.68 Å². The first-order valence-corrected chi connectivity index (χ1v) is 5.79. The summed E-state index contributed by atoms with van der Waals surface area (Å²) in [6.07, 6.45) is 1.62. The van der Waals surface area contributed by atoms with Gasteiger partial charge in [-0.1, -0.05) is 13.8 Å². The van der Waals surface area contributed by atoms with Crippen LogP contribution in [0.3, 0.4) is 0 Å². The minimum Gasteiger partial charge on any atom is -0.309 e. The van der Waals surface area contributed by atoms with Gasteiger partial charge >= 0.3 is 0 Å². The largest absolute Gasteiger partial charge is 0.309 e. The molecular weight excluding hydrogens is 236 g/mol. The van der Waals surface area contributed by atoms with Gasteiger partial charge in [0.1, 0.15) is 17.3 Å². The highest BCUT2D eigenvalue weighted by atomic mass is 19.1. The molecule has 96 valence electrons. The molecule has 2 rings (SSSR count). The summed E-state index contributed by atoms with van der Waals surface area (Å²) in [6, 6.07) is 5.44. The molecule has 18 heavy (non-hydrogen) atoms. The lowest BCUT2D eigenvalue weighted by Crippen LogP contribution is -2.22. The zero-order valence-electron chi connectivity index (χ0n) is 10.3. The summed E-state index contributed by atoms with van der Waals surface area (Å²) < 4.78 is 28.0. The molecule has 0 saturated carbocycles. The first-order valence-electron chi connectivity index (χ1n) is 5.79. The van der Waals surface area contributed by atoms with E-state index in [9.17, 15) is 8.78 Å². The molecule has 0 fully saturated rings. The first kappa shape index (κ1) is 12.7. The Morgan fingerprint density at radius 3 is 2.78 bits per heavy atom. The smallest absolute Gasteiger partial charge is 0.149 e. The Balaban J connectivity index is 2.21. The third-order valence-corrected chi connectivity index (χ3v) is 2.49. The van der Waals surface area contributed by atoms with Crippen molar-refractivity contribution in [3.8, 4) is 5.69 Å². The molecule has 0 aliphatic carbocycles. The van der Waals surface area contributed by atoms with Crippen LogP contribution in [-0.4, -0.2) is 15.8 Å². The fraction of sp³-hybridized carbons (Fsp3) is 0.308. The van der Waals surface area contributed by atoms with Gasteiger partial charge < -0.3 is 5.32 Å². The SMILES string of the molecule is CC(C)NCc1ccn(-c2cc(F)ccc2F)n1. The molecule has 0 spiro atoms. The zero-order valence-corrected chi connectivity index (χ0v) is 10.3. The second-order valence-corrected chi connectivity index (χ2v) is 4.38. The third-order valence-electron chi connectivity index (χ3n) is 2.49. The second kappa shape index (κ2) is 5.27. The van der Waals surface area contributed by atoms with Gasteiger partial charge in [-0.3, -0.25) is 0 Å². The van der Waals surface area contributed by atoms with Crippen molar-refractivity contribution in [1.82, 2.24) is 15.1 Å². The van der Waals surface area contributed by atoms with E-state index in [1.54, 1.807) is 12.3 Å². The van der Waals surface area contributed by atoms with Crippen LogP contribution in [0.5, 0.6) is 0 Å². The molecule has 3 nitrogen and oxygen atoms in total. The molecule has 1 aromatic heterocycles. The highest BCUT2D eigenvalue weighted by molar-refractivity contribution is 5.33. The van der Waals surface area contributed by atoms with Gasteiger partial charge in [0.25, 0.3) is 0 Å². The predicted molar refractivity (Wildman–Crippen MR) is 65.5 cm³/mol. The number of nitrogens with zero attached hydrogens (tertiary/aromatic N) is 2. The number of nitrogens with one attached hydrogen (secondary N) is 1. The van der Waals surface area contributed by atoms with Gasteiger partial charge in [0.05, 0.1) is 5.69 Å². The number of aromatic nitrogens is 2. The number of hydrogen-bond donors (Lipinski definition) is 1. The fourth-order valence-corrected chi connectivity index (χ4v) is 1.56. The maximum atomic E-state index is 13.5. The standard InChI is InChI=1S/C13H15F2N3/c1-9(2)16-8-11-5-6-18(17-11)13-7-10(14)3-4-12(13)15/h3-7,9,16H,8H2,1-2H3. The zero-order chi connectivity index (χ0) is 13.1. The van der Waals surface area contributed by atoms with Crippen molar-refractivity contribution in [2.75, 3.05) is 0 Å². The topological polar surface area (TPSA) is 29.9 Å². The van der Waals surface area contributed by atoms with E-state index >= 15 is 0 Å². The molecule has 2 aromatic rings. The van der Waals surface area contributed by atoms with E-state index in [1.807, 2.05) is 13.8 Å². The normalized spacial score (nSPS) is 11.2. The Hall–Kier alpha value is -1.75. The molecule has 1 aromatic carbocycles. The van der Waals surface area contributed by atoms with Crippen molar-refractivity contribution in [2.45, 2.75) is 26.4 Å². The summed E-state index contributed by atoms with van der Waals surface area (Å²) >= 11 is 0. The molecule has 0 unspecified atom stereocenters. The molecular formula is C13H15F2N3. The second-order valence-electron chi connectivity index (χ2n) is 4.38. The van der Waals surface area contributed by atoms with Crippen LogP contribution in [-0.2, 0) is 6.54 Å². The molecule has 1 heterocycles. The van der Waals surface area contributed by atoms with Crippen molar-refractivity contribution in [2.24, 2.45) is 0 Å². The molecule has 5 heteroatoms. The Morgan fingerprint density at radius 1 is 1.28 bits per heavy atom. The number of rotatable bonds is 4. The van der Waals surface area contributed by atoms with Gasteiger partial charge in [-0.25, -0.2) is 13.5 Å². The summed E-state index contributed by atoms with van der Waals surface area (Å²) in [5.74, 6) is -0.980. The van der Waals surface area contributed by atoms with Gasteiger partial charge in [-0.2, -0.15) is 5.10 Å². The summed E-state index contributed by atoms with van der Waals surface area (Å²) in [7, 11) is 0. The monoisotopic (exact) mass is 251 g/mol. The minimum atomic E-state index is -0.497. The number of halogens is 2. The summed E-state index contributed by atoms with van der Waals surface area (Å²) in [4.78, 5) is 0. The van der Waals surface area contributed by atoms with Gasteiger partial charge in [0.15, 0.2) is 0 Å². The van der Waals surface area contributed by atoms with Crippen LogP contribution in [0.2, 0.25) is 0 Å². The van der Waals surface area contributed by atoms with Crippen LogP contribution in [0.1, 0.15) is 19.5 Å². The molecule has 0 bridgehead atoms. The summed E-state index contributed by atoms with van der Waals surface area (Å²) in [5.41, 5.74) is 0.901. The van der Waals surface area contributed by atoms with Crippen LogP contribution in [0.25, 0.3) is 5.69 Å². The Labute approximate surface area is 104 Å². The Kier molecular flexibility index (Phi) is 3.72. The summed E-state index contributed by atoms with van der Waals surface area (Å²) in [5, 5.41) is 7.41. The maximum absolute atomic E-state index is 13.5. The molecule has 0 amide bonds. The average Bonchev–Trinajstić information content (AvgIpc) is 2.78. The van der Waals surface area contributed by atoms with E-state index in [2.05, 4.69) is 10.4 Å². The van der Waals surface area contributed by atoms with Gasteiger partial charge in [-0.05, 0) is 18.2 Å². The molecule has 0 saturated heterocycles. The fourth-order valence-electron chi connectivity index (χ4n) is 1.56. The lowest BCUT2D eigenvalue weighted by Gasteiger charge is -2.05. The Bertz CT molecular complexity index is 535. The maximum Gasteiger partial charge on any atom is 0.149 e. The molecule has 1 N–H and O–H groups in total. The quantitative estimate of drug-likeness (QED) is 0.905. The van der Waals surface area contributed by atoms with Crippen LogP contribution < -0.4 is 5.32 Å². The Morgan fingerprint density at radius 2 is 2.06 bits per heavy atom. The molecule has 0 atom stereocenters. The van der Waals surface area contributed by atoms with E-state index in [0.717, 1.165) is 23.9 Å². The van der Waals surface area contributed by atoms with E-state index < -0.39 is 11.6 Å². The van der Waals surface area contributed by atoms with Crippen molar-refractivity contribution in [1.29, 1.82) is 0 Å². The van der Waals surface area contributed by atoms with Gasteiger partial charge in [0.2, 0.25) is 0 Å². The number of hydrogen-bond acceptors (Lipinski definition) is 2. The molecule has 0 aliphatic heterocycles.